The van der Waals surface area contributed by atoms with Crippen LogP contribution < -0.4 is 5.73 Å². The van der Waals surface area contributed by atoms with E-state index >= 15 is 0 Å². The van der Waals surface area contributed by atoms with Crippen LogP contribution in [0.2, 0.25) is 0 Å². The summed E-state index contributed by atoms with van der Waals surface area (Å²) in [6.07, 6.45) is 0.704. The second kappa shape index (κ2) is 7.58. The Kier molecular flexibility index (Phi) is 5.86. The van der Waals surface area contributed by atoms with Crippen LogP contribution in [-0.2, 0) is 6.42 Å². The molecule has 2 rings (SSSR count). The van der Waals surface area contributed by atoms with Gasteiger partial charge in [0.1, 0.15) is 0 Å². The van der Waals surface area contributed by atoms with Crippen LogP contribution in [-0.4, -0.2) is 41.1 Å². The molecule has 6 nitrogen and oxygen atoms in total. The van der Waals surface area contributed by atoms with Crippen molar-refractivity contribution in [3.8, 4) is 11.4 Å². The summed E-state index contributed by atoms with van der Waals surface area (Å²) in [7, 11) is 1.79. The molecule has 0 unspecified atom stereocenters. The van der Waals surface area contributed by atoms with Gasteiger partial charge in [0.05, 0.1) is 0 Å². The van der Waals surface area contributed by atoms with Crippen molar-refractivity contribution in [2.24, 2.45) is 16.6 Å². The van der Waals surface area contributed by atoms with Crippen LogP contribution in [0.1, 0.15) is 50.9 Å². The molecule has 0 spiro atoms. The molecular formula is C20H30N4O2. The molecule has 0 aliphatic rings. The first kappa shape index (κ1) is 20.1. The van der Waals surface area contributed by atoms with E-state index in [1.165, 1.54) is 0 Å². The third-order valence-electron chi connectivity index (χ3n) is 4.08. The largest absolute Gasteiger partial charge is 0.341 e. The van der Waals surface area contributed by atoms with E-state index in [-0.39, 0.29) is 16.7 Å². The van der Waals surface area contributed by atoms with E-state index < -0.39 is 0 Å². The fraction of sp³-hybridized carbons (Fsp3) is 0.550. The lowest BCUT2D eigenvalue weighted by molar-refractivity contribution is 0.0740. The summed E-state index contributed by atoms with van der Waals surface area (Å²) in [5.74, 6) is 1.06. The van der Waals surface area contributed by atoms with E-state index in [0.717, 1.165) is 5.56 Å². The average Bonchev–Trinajstić information content (AvgIpc) is 3.00. The van der Waals surface area contributed by atoms with Gasteiger partial charge in [-0.25, -0.2) is 0 Å². The fourth-order valence-electron chi connectivity index (χ4n) is 2.69. The minimum absolute atomic E-state index is 0.0493. The van der Waals surface area contributed by atoms with Crippen molar-refractivity contribution < 1.29 is 9.32 Å². The summed E-state index contributed by atoms with van der Waals surface area (Å²) in [6, 6.07) is 7.32. The van der Waals surface area contributed by atoms with Crippen LogP contribution in [0.4, 0.5) is 0 Å². The maximum Gasteiger partial charge on any atom is 0.253 e. The Morgan fingerprint density at radius 3 is 2.54 bits per heavy atom. The zero-order valence-electron chi connectivity index (χ0n) is 16.7. The van der Waals surface area contributed by atoms with Gasteiger partial charge >= 0.3 is 0 Å². The van der Waals surface area contributed by atoms with Gasteiger partial charge in [-0.3, -0.25) is 4.79 Å². The smallest absolute Gasteiger partial charge is 0.253 e. The SMILES string of the molecule is CN(CC(C)(C)CN)C(=O)c1cccc(-c2noc(CC(C)(C)C)n2)c1. The van der Waals surface area contributed by atoms with E-state index in [1.54, 1.807) is 24.1 Å². The summed E-state index contributed by atoms with van der Waals surface area (Å²) in [6.45, 7) is 11.6. The molecular weight excluding hydrogens is 328 g/mol. The third kappa shape index (κ3) is 5.39. The van der Waals surface area contributed by atoms with Gasteiger partial charge < -0.3 is 15.2 Å². The van der Waals surface area contributed by atoms with Gasteiger partial charge in [-0.15, -0.1) is 0 Å². The first-order valence-electron chi connectivity index (χ1n) is 8.89. The van der Waals surface area contributed by atoms with E-state index in [1.807, 2.05) is 26.0 Å². The van der Waals surface area contributed by atoms with Gasteiger partial charge in [-0.1, -0.05) is 51.9 Å². The molecule has 0 aliphatic carbocycles. The lowest BCUT2D eigenvalue weighted by Gasteiger charge is -2.29. The predicted molar refractivity (Wildman–Crippen MR) is 103 cm³/mol. The molecule has 6 heteroatoms. The molecule has 1 heterocycles. The first-order chi connectivity index (χ1) is 12.0. The summed E-state index contributed by atoms with van der Waals surface area (Å²) in [5.41, 5.74) is 7.08. The Bertz CT molecular complexity index is 759. The molecule has 1 amide bonds. The number of aromatic nitrogens is 2. The van der Waals surface area contributed by atoms with Crippen molar-refractivity contribution in [3.05, 3.63) is 35.7 Å². The maximum atomic E-state index is 12.7. The molecule has 0 aliphatic heterocycles. The fourth-order valence-corrected chi connectivity index (χ4v) is 2.69. The number of hydrogen-bond acceptors (Lipinski definition) is 5. The van der Waals surface area contributed by atoms with E-state index in [4.69, 9.17) is 10.3 Å². The molecule has 0 bridgehead atoms. The first-order valence-corrected chi connectivity index (χ1v) is 8.89. The molecule has 2 N–H and O–H groups in total. The minimum atomic E-state index is -0.127. The second-order valence-corrected chi connectivity index (χ2v) is 8.86. The third-order valence-corrected chi connectivity index (χ3v) is 4.08. The number of carbonyl (C=O) groups is 1. The van der Waals surface area contributed by atoms with Crippen molar-refractivity contribution >= 4 is 5.91 Å². The van der Waals surface area contributed by atoms with Crippen molar-refractivity contribution in [2.75, 3.05) is 20.1 Å². The number of rotatable bonds is 6. The average molecular weight is 358 g/mol. The number of amides is 1. The number of hydrogen-bond donors (Lipinski definition) is 1. The van der Waals surface area contributed by atoms with Gasteiger partial charge in [-0.05, 0) is 29.5 Å². The van der Waals surface area contributed by atoms with Crippen molar-refractivity contribution in [1.82, 2.24) is 15.0 Å². The van der Waals surface area contributed by atoms with Gasteiger partial charge in [0.2, 0.25) is 11.7 Å². The molecule has 0 radical (unpaired) electrons. The highest BCUT2D eigenvalue weighted by molar-refractivity contribution is 5.95. The van der Waals surface area contributed by atoms with Crippen molar-refractivity contribution in [2.45, 2.75) is 41.0 Å². The zero-order chi connectivity index (χ0) is 19.5. The van der Waals surface area contributed by atoms with Crippen LogP contribution >= 0.6 is 0 Å². The highest BCUT2D eigenvalue weighted by Crippen LogP contribution is 2.23. The number of nitrogens with zero attached hydrogens (tertiary/aromatic N) is 3. The van der Waals surface area contributed by atoms with Gasteiger partial charge in [0.15, 0.2) is 0 Å². The van der Waals surface area contributed by atoms with Crippen LogP contribution in [0.25, 0.3) is 11.4 Å². The number of nitrogens with two attached hydrogens (primary N) is 1. The summed E-state index contributed by atoms with van der Waals surface area (Å²) >= 11 is 0. The lowest BCUT2D eigenvalue weighted by atomic mass is 9.92. The van der Waals surface area contributed by atoms with Crippen LogP contribution in [0.3, 0.4) is 0 Å². The van der Waals surface area contributed by atoms with Gasteiger partial charge in [0, 0.05) is 31.1 Å². The molecule has 0 fully saturated rings. The highest BCUT2D eigenvalue weighted by atomic mass is 16.5. The summed E-state index contributed by atoms with van der Waals surface area (Å²) < 4.78 is 5.35. The Morgan fingerprint density at radius 2 is 1.92 bits per heavy atom. The molecule has 0 saturated carbocycles. The van der Waals surface area contributed by atoms with Gasteiger partial charge in [0.25, 0.3) is 5.91 Å². The highest BCUT2D eigenvalue weighted by Gasteiger charge is 2.23. The van der Waals surface area contributed by atoms with Gasteiger partial charge in [-0.2, -0.15) is 4.98 Å². The number of carbonyl (C=O) groups excluding carboxylic acids is 1. The standard InChI is InChI=1S/C20H30N4O2/c1-19(2,3)11-16-22-17(23-26-16)14-8-7-9-15(10-14)18(25)24(6)13-20(4,5)12-21/h7-10H,11-13,21H2,1-6H3. The Balaban J connectivity index is 2.19. The van der Waals surface area contributed by atoms with Crippen molar-refractivity contribution in [1.29, 1.82) is 0 Å². The quantitative estimate of drug-likeness (QED) is 0.855. The zero-order valence-corrected chi connectivity index (χ0v) is 16.7. The predicted octanol–water partition coefficient (Wildman–Crippen LogP) is 3.38. The molecule has 0 atom stereocenters. The van der Waals surface area contributed by atoms with Crippen LogP contribution in [0.15, 0.2) is 28.8 Å². The van der Waals surface area contributed by atoms with Crippen LogP contribution in [0, 0.1) is 10.8 Å². The van der Waals surface area contributed by atoms with E-state index in [0.29, 0.717) is 36.8 Å². The Hall–Kier alpha value is -2.21. The molecule has 26 heavy (non-hydrogen) atoms. The summed E-state index contributed by atoms with van der Waals surface area (Å²) in [4.78, 5) is 18.9. The van der Waals surface area contributed by atoms with Crippen molar-refractivity contribution in [3.63, 3.8) is 0 Å². The molecule has 1 aromatic carbocycles. The normalized spacial score (nSPS) is 12.3. The Labute approximate surface area is 155 Å². The summed E-state index contributed by atoms with van der Waals surface area (Å²) in [5, 5.41) is 4.06. The van der Waals surface area contributed by atoms with Crippen LogP contribution in [0.5, 0.6) is 0 Å². The Morgan fingerprint density at radius 1 is 1.23 bits per heavy atom. The monoisotopic (exact) mass is 358 g/mol. The van der Waals surface area contributed by atoms with E-state index in [2.05, 4.69) is 30.9 Å². The topological polar surface area (TPSA) is 85.2 Å². The van der Waals surface area contributed by atoms with E-state index in [9.17, 15) is 4.79 Å². The molecule has 142 valence electrons. The molecule has 2 aromatic rings. The number of benzene rings is 1. The molecule has 1 aromatic heterocycles. The minimum Gasteiger partial charge on any atom is -0.341 e. The second-order valence-electron chi connectivity index (χ2n) is 8.86. The maximum absolute atomic E-state index is 12.7. The molecule has 0 saturated heterocycles. The lowest BCUT2D eigenvalue weighted by Crippen LogP contribution is -2.39.